The van der Waals surface area contributed by atoms with E-state index >= 15 is 0 Å². The van der Waals surface area contributed by atoms with E-state index < -0.39 is 5.43 Å². The van der Waals surface area contributed by atoms with Gasteiger partial charge in [-0.25, -0.2) is 0 Å². The number of benzene rings is 2. The third-order valence-corrected chi connectivity index (χ3v) is 6.90. The Hall–Kier alpha value is -3.29. The van der Waals surface area contributed by atoms with Crippen LogP contribution in [0.2, 0.25) is 10.0 Å². The molecule has 0 unspecified atom stereocenters. The maximum atomic E-state index is 13.4. The van der Waals surface area contributed by atoms with Crippen molar-refractivity contribution in [3.8, 4) is 5.75 Å². The highest BCUT2D eigenvalue weighted by molar-refractivity contribution is 6.39. The molecular weight excluding hydrogens is 475 g/mol. The van der Waals surface area contributed by atoms with Crippen LogP contribution in [-0.4, -0.2) is 51.6 Å². The predicted octanol–water partition coefficient (Wildman–Crippen LogP) is 4.54. The highest BCUT2D eigenvalue weighted by atomic mass is 35.5. The van der Waals surface area contributed by atoms with E-state index in [9.17, 15) is 14.7 Å². The minimum atomic E-state index is -0.401. The second kappa shape index (κ2) is 8.81. The molecule has 1 amide bonds. The molecule has 1 aliphatic rings. The zero-order valence-electron chi connectivity index (χ0n) is 18.5. The number of aryl methyl sites for hydroxylation is 1. The average molecular weight is 497 g/mol. The fraction of sp³-hybridized carbons (Fsp3) is 0.240. The molecule has 5 rings (SSSR count). The smallest absolute Gasteiger partial charge is 0.259 e. The lowest BCUT2D eigenvalue weighted by atomic mass is 10.0. The predicted molar refractivity (Wildman–Crippen MR) is 135 cm³/mol. The topological polar surface area (TPSA) is 78.7 Å². The molecule has 0 spiro atoms. The third-order valence-electron chi connectivity index (χ3n) is 6.29. The van der Waals surface area contributed by atoms with Gasteiger partial charge in [-0.3, -0.25) is 14.6 Å². The van der Waals surface area contributed by atoms with Crippen LogP contribution < -0.4 is 10.3 Å². The van der Waals surface area contributed by atoms with E-state index in [4.69, 9.17) is 23.2 Å². The quantitative estimate of drug-likeness (QED) is 0.421. The highest BCUT2D eigenvalue weighted by Crippen LogP contribution is 2.34. The lowest BCUT2D eigenvalue weighted by Gasteiger charge is -2.36. The molecule has 34 heavy (non-hydrogen) atoms. The van der Waals surface area contributed by atoms with Crippen LogP contribution in [0, 0.1) is 0 Å². The number of para-hydroxylation sites is 1. The van der Waals surface area contributed by atoms with Crippen molar-refractivity contribution in [1.29, 1.82) is 0 Å². The first-order valence-corrected chi connectivity index (χ1v) is 11.8. The number of hydrogen-bond donors (Lipinski definition) is 1. The molecule has 2 aromatic heterocycles. The molecule has 9 heteroatoms. The van der Waals surface area contributed by atoms with Crippen molar-refractivity contribution in [3.63, 3.8) is 0 Å². The van der Waals surface area contributed by atoms with Gasteiger partial charge >= 0.3 is 0 Å². The van der Waals surface area contributed by atoms with Crippen molar-refractivity contribution >= 4 is 56.6 Å². The number of piperazine rings is 1. The number of amides is 1. The summed E-state index contributed by atoms with van der Waals surface area (Å²) in [5, 5.41) is 12.6. The molecule has 0 atom stereocenters. The summed E-state index contributed by atoms with van der Waals surface area (Å²) in [4.78, 5) is 34.8. The van der Waals surface area contributed by atoms with Crippen LogP contribution >= 0.6 is 23.2 Å². The van der Waals surface area contributed by atoms with Gasteiger partial charge in [0.25, 0.3) is 5.91 Å². The summed E-state index contributed by atoms with van der Waals surface area (Å²) in [5.74, 6) is -0.414. The molecule has 4 aromatic rings. The van der Waals surface area contributed by atoms with Crippen molar-refractivity contribution in [2.75, 3.05) is 31.1 Å². The lowest BCUT2D eigenvalue weighted by molar-refractivity contribution is 0.0745. The van der Waals surface area contributed by atoms with E-state index in [1.54, 1.807) is 41.6 Å². The molecule has 1 aliphatic heterocycles. The van der Waals surface area contributed by atoms with Crippen molar-refractivity contribution < 1.29 is 9.90 Å². The number of pyridine rings is 2. The number of aromatic nitrogens is 2. The Bertz CT molecular complexity index is 1470. The van der Waals surface area contributed by atoms with Crippen molar-refractivity contribution in [1.82, 2.24) is 14.5 Å². The van der Waals surface area contributed by atoms with Gasteiger partial charge in [0.05, 0.1) is 26.6 Å². The van der Waals surface area contributed by atoms with E-state index in [2.05, 4.69) is 9.88 Å². The lowest BCUT2D eigenvalue weighted by Crippen LogP contribution is -2.49. The molecule has 174 valence electrons. The SMILES string of the molecule is CCn1cc(C(=O)N2CCN(c3c(Cl)cccc3Cl)CC2)c(=O)c2cc(O)c3ncccc3c21. The highest BCUT2D eigenvalue weighted by Gasteiger charge is 2.27. The standard InChI is InChI=1S/C25H22Cl2N4O3/c1-2-29-14-17(24(33)16-13-20(32)21-15(22(16)29)5-4-8-28-21)25(34)31-11-9-30(10-12-31)23-18(26)6-3-7-19(23)27/h3-8,13-14,32H,2,9-12H2,1H3. The minimum Gasteiger partial charge on any atom is -0.506 e. The van der Waals surface area contributed by atoms with Gasteiger partial charge in [0.15, 0.2) is 0 Å². The largest absolute Gasteiger partial charge is 0.506 e. The molecule has 1 N–H and O–H groups in total. The molecule has 1 fully saturated rings. The normalized spacial score (nSPS) is 14.2. The fourth-order valence-corrected chi connectivity index (χ4v) is 5.26. The molecular formula is C25H22Cl2N4O3. The monoisotopic (exact) mass is 496 g/mol. The Kier molecular flexibility index (Phi) is 5.83. The minimum absolute atomic E-state index is 0.0845. The van der Waals surface area contributed by atoms with Crippen LogP contribution in [-0.2, 0) is 6.54 Å². The number of halogens is 2. The summed E-state index contributed by atoms with van der Waals surface area (Å²) in [6.07, 6.45) is 3.21. The summed E-state index contributed by atoms with van der Waals surface area (Å²) in [5.41, 5.74) is 1.52. The first-order chi connectivity index (χ1) is 16.4. The maximum absolute atomic E-state index is 13.4. The van der Waals surface area contributed by atoms with Gasteiger partial charge in [0.2, 0.25) is 5.43 Å². The Balaban J connectivity index is 1.50. The van der Waals surface area contributed by atoms with Gasteiger partial charge in [-0.2, -0.15) is 0 Å². The number of aromatic hydroxyl groups is 1. The van der Waals surface area contributed by atoms with Crippen LogP contribution in [0.5, 0.6) is 5.75 Å². The summed E-state index contributed by atoms with van der Waals surface area (Å²) >= 11 is 12.7. The number of carbonyl (C=O) groups is 1. The Labute approximate surface area is 205 Å². The summed E-state index contributed by atoms with van der Waals surface area (Å²) in [6.45, 7) is 4.43. The molecule has 0 aliphatic carbocycles. The molecule has 7 nitrogen and oxygen atoms in total. The van der Waals surface area contributed by atoms with Crippen molar-refractivity contribution in [2.24, 2.45) is 0 Å². The number of carbonyl (C=O) groups excluding carboxylic acids is 1. The maximum Gasteiger partial charge on any atom is 0.259 e. The third kappa shape index (κ3) is 3.65. The summed E-state index contributed by atoms with van der Waals surface area (Å²) in [6, 6.07) is 10.4. The summed E-state index contributed by atoms with van der Waals surface area (Å²) in [7, 11) is 0. The van der Waals surface area contributed by atoms with Crippen LogP contribution in [0.25, 0.3) is 21.8 Å². The summed E-state index contributed by atoms with van der Waals surface area (Å²) < 4.78 is 1.87. The number of phenolic OH excluding ortho intramolecular Hbond substituents is 1. The van der Waals surface area contributed by atoms with E-state index in [1.807, 2.05) is 17.6 Å². The van der Waals surface area contributed by atoms with Gasteiger partial charge in [-0.1, -0.05) is 29.3 Å². The molecule has 0 radical (unpaired) electrons. The van der Waals surface area contributed by atoms with Gasteiger partial charge in [0.1, 0.15) is 16.8 Å². The zero-order valence-corrected chi connectivity index (χ0v) is 20.0. The van der Waals surface area contributed by atoms with Crippen LogP contribution in [0.15, 0.2) is 53.6 Å². The molecule has 0 bridgehead atoms. The second-order valence-electron chi connectivity index (χ2n) is 8.20. The van der Waals surface area contributed by atoms with E-state index in [1.165, 1.54) is 6.07 Å². The number of anilines is 1. The van der Waals surface area contributed by atoms with Crippen LogP contribution in [0.1, 0.15) is 17.3 Å². The Morgan fingerprint density at radius 1 is 1.06 bits per heavy atom. The average Bonchev–Trinajstić information content (AvgIpc) is 2.85. The first-order valence-electron chi connectivity index (χ1n) is 11.0. The number of hydrogen-bond acceptors (Lipinski definition) is 5. The molecule has 0 saturated carbocycles. The fourth-order valence-electron chi connectivity index (χ4n) is 4.62. The van der Waals surface area contributed by atoms with E-state index in [0.717, 1.165) is 5.69 Å². The number of rotatable bonds is 3. The van der Waals surface area contributed by atoms with E-state index in [-0.39, 0.29) is 17.2 Å². The zero-order chi connectivity index (χ0) is 24.0. The van der Waals surface area contributed by atoms with Crippen molar-refractivity contribution in [3.05, 3.63) is 74.6 Å². The number of phenols is 1. The Morgan fingerprint density at radius 3 is 2.44 bits per heavy atom. The van der Waals surface area contributed by atoms with E-state index in [0.29, 0.717) is 64.6 Å². The molecule has 3 heterocycles. The number of fused-ring (bicyclic) bond motifs is 3. The molecule has 1 saturated heterocycles. The second-order valence-corrected chi connectivity index (χ2v) is 9.01. The van der Waals surface area contributed by atoms with Crippen LogP contribution in [0.4, 0.5) is 5.69 Å². The van der Waals surface area contributed by atoms with Gasteiger partial charge in [-0.05, 0) is 37.3 Å². The van der Waals surface area contributed by atoms with Gasteiger partial charge in [-0.15, -0.1) is 0 Å². The number of nitrogens with zero attached hydrogens (tertiary/aromatic N) is 4. The van der Waals surface area contributed by atoms with Gasteiger partial charge in [0, 0.05) is 50.5 Å². The molecule has 2 aromatic carbocycles. The first kappa shape index (κ1) is 22.5. The van der Waals surface area contributed by atoms with Crippen molar-refractivity contribution in [2.45, 2.75) is 13.5 Å². The Morgan fingerprint density at radius 2 is 1.76 bits per heavy atom. The van der Waals surface area contributed by atoms with Crippen LogP contribution in [0.3, 0.4) is 0 Å². The van der Waals surface area contributed by atoms with Gasteiger partial charge < -0.3 is 19.5 Å².